The Morgan fingerprint density at radius 1 is 1.53 bits per heavy atom. The molecular weight excluding hydrogens is 335 g/mol. The Morgan fingerprint density at radius 2 is 2.18 bits per heavy atom. The zero-order valence-corrected chi connectivity index (χ0v) is 11.6. The van der Waals surface area contributed by atoms with Gasteiger partial charge in [-0.05, 0) is 35.6 Å². The van der Waals surface area contributed by atoms with Crippen LogP contribution in [0.1, 0.15) is 17.3 Å². The number of pyridine rings is 1. The number of hydrogen-bond acceptors (Lipinski definition) is 2. The lowest BCUT2D eigenvalue weighted by atomic mass is 10.2. The fourth-order valence-electron chi connectivity index (χ4n) is 1.96. The SMILES string of the molecule is CCn1c(I)cc2cn(C)c(=O)c(C(=O)O)c21. The van der Waals surface area contributed by atoms with Crippen molar-refractivity contribution in [1.82, 2.24) is 9.13 Å². The van der Waals surface area contributed by atoms with Gasteiger partial charge in [0.15, 0.2) is 0 Å². The topological polar surface area (TPSA) is 64.2 Å². The van der Waals surface area contributed by atoms with Gasteiger partial charge >= 0.3 is 5.97 Å². The van der Waals surface area contributed by atoms with Crippen LogP contribution in [-0.2, 0) is 13.6 Å². The number of rotatable bonds is 2. The zero-order valence-electron chi connectivity index (χ0n) is 9.40. The summed E-state index contributed by atoms with van der Waals surface area (Å²) in [5, 5.41) is 9.96. The smallest absolute Gasteiger partial charge is 0.343 e. The molecule has 0 saturated heterocycles. The maximum Gasteiger partial charge on any atom is 0.343 e. The van der Waals surface area contributed by atoms with Crippen LogP contribution >= 0.6 is 22.6 Å². The fraction of sp³-hybridized carbons (Fsp3) is 0.273. The summed E-state index contributed by atoms with van der Waals surface area (Å²) < 4.78 is 4.07. The lowest BCUT2D eigenvalue weighted by Gasteiger charge is -2.07. The number of halogens is 1. The van der Waals surface area contributed by atoms with Crippen LogP contribution in [0.5, 0.6) is 0 Å². The van der Waals surface area contributed by atoms with Gasteiger partial charge in [0.2, 0.25) is 0 Å². The molecule has 1 N–H and O–H groups in total. The van der Waals surface area contributed by atoms with E-state index in [1.807, 2.05) is 17.6 Å². The van der Waals surface area contributed by atoms with Crippen molar-refractivity contribution in [2.45, 2.75) is 13.5 Å². The van der Waals surface area contributed by atoms with Crippen molar-refractivity contribution in [3.8, 4) is 0 Å². The normalized spacial score (nSPS) is 11.0. The first kappa shape index (κ1) is 12.2. The van der Waals surface area contributed by atoms with E-state index in [4.69, 9.17) is 0 Å². The lowest BCUT2D eigenvalue weighted by molar-refractivity contribution is 0.0696. The van der Waals surface area contributed by atoms with E-state index in [9.17, 15) is 14.7 Å². The Morgan fingerprint density at radius 3 is 2.71 bits per heavy atom. The zero-order chi connectivity index (χ0) is 12.7. The fourth-order valence-corrected chi connectivity index (χ4v) is 2.88. The summed E-state index contributed by atoms with van der Waals surface area (Å²) in [7, 11) is 1.56. The predicted molar refractivity (Wildman–Crippen MR) is 72.5 cm³/mol. The van der Waals surface area contributed by atoms with Gasteiger partial charge in [0.25, 0.3) is 5.56 Å². The quantitative estimate of drug-likeness (QED) is 0.842. The number of aromatic carboxylic acids is 1. The van der Waals surface area contributed by atoms with E-state index in [-0.39, 0.29) is 5.56 Å². The average molecular weight is 346 g/mol. The van der Waals surface area contributed by atoms with Gasteiger partial charge in [0.1, 0.15) is 5.56 Å². The van der Waals surface area contributed by atoms with Crippen molar-refractivity contribution in [3.05, 3.63) is 31.9 Å². The van der Waals surface area contributed by atoms with Crippen LogP contribution in [0.4, 0.5) is 0 Å². The molecule has 6 heteroatoms. The van der Waals surface area contributed by atoms with Crippen LogP contribution in [0.15, 0.2) is 17.1 Å². The van der Waals surface area contributed by atoms with E-state index in [0.29, 0.717) is 12.1 Å². The Hall–Kier alpha value is -1.31. The highest BCUT2D eigenvalue weighted by Gasteiger charge is 2.19. The van der Waals surface area contributed by atoms with Crippen LogP contribution in [-0.4, -0.2) is 20.2 Å². The van der Waals surface area contributed by atoms with Gasteiger partial charge in [-0.3, -0.25) is 4.79 Å². The van der Waals surface area contributed by atoms with Crippen LogP contribution in [0, 0.1) is 3.70 Å². The Bertz CT molecular complexity index is 669. The summed E-state index contributed by atoms with van der Waals surface area (Å²) in [5.41, 5.74) is -0.128. The molecule has 90 valence electrons. The second-order valence-electron chi connectivity index (χ2n) is 3.74. The van der Waals surface area contributed by atoms with E-state index in [1.54, 1.807) is 13.2 Å². The molecule has 2 heterocycles. The molecule has 0 fully saturated rings. The number of nitrogens with zero attached hydrogens (tertiary/aromatic N) is 2. The highest BCUT2D eigenvalue weighted by Crippen LogP contribution is 2.22. The van der Waals surface area contributed by atoms with Gasteiger partial charge in [0.05, 0.1) is 9.22 Å². The predicted octanol–water partition coefficient (Wildman–Crippen LogP) is 1.66. The average Bonchev–Trinajstić information content (AvgIpc) is 2.54. The van der Waals surface area contributed by atoms with E-state index < -0.39 is 11.5 Å². The second kappa shape index (κ2) is 4.17. The van der Waals surface area contributed by atoms with Gasteiger partial charge in [0, 0.05) is 25.2 Å². The summed E-state index contributed by atoms with van der Waals surface area (Å²) >= 11 is 2.14. The third-order valence-corrected chi connectivity index (χ3v) is 3.60. The molecule has 2 aromatic rings. The van der Waals surface area contributed by atoms with Crippen LogP contribution in [0.2, 0.25) is 0 Å². The van der Waals surface area contributed by atoms with Crippen molar-refractivity contribution < 1.29 is 9.90 Å². The van der Waals surface area contributed by atoms with Gasteiger partial charge in [-0.15, -0.1) is 0 Å². The molecule has 0 aliphatic rings. The molecule has 2 aromatic heterocycles. The third kappa shape index (κ3) is 1.76. The maximum absolute atomic E-state index is 11.9. The summed E-state index contributed by atoms with van der Waals surface area (Å²) in [4.78, 5) is 23.1. The molecule has 0 spiro atoms. The molecule has 0 atom stereocenters. The number of aryl methyl sites for hydroxylation is 2. The van der Waals surface area contributed by atoms with Crippen molar-refractivity contribution in [2.24, 2.45) is 7.05 Å². The van der Waals surface area contributed by atoms with E-state index in [1.165, 1.54) is 4.57 Å². The number of carboxylic acid groups (broad SMARTS) is 1. The van der Waals surface area contributed by atoms with Crippen LogP contribution in [0.3, 0.4) is 0 Å². The maximum atomic E-state index is 11.9. The molecule has 0 unspecified atom stereocenters. The third-order valence-electron chi connectivity index (χ3n) is 2.71. The second-order valence-corrected chi connectivity index (χ2v) is 4.85. The highest BCUT2D eigenvalue weighted by atomic mass is 127. The van der Waals surface area contributed by atoms with Crippen LogP contribution < -0.4 is 5.56 Å². The molecule has 0 amide bonds. The number of carboxylic acids is 1. The largest absolute Gasteiger partial charge is 0.477 e. The minimum atomic E-state index is -1.18. The molecule has 0 saturated carbocycles. The van der Waals surface area contributed by atoms with Crippen molar-refractivity contribution in [1.29, 1.82) is 0 Å². The Labute approximate surface area is 111 Å². The number of hydrogen-bond donors (Lipinski definition) is 1. The Balaban J connectivity index is 3.06. The van der Waals surface area contributed by atoms with Gasteiger partial charge in [-0.1, -0.05) is 0 Å². The van der Waals surface area contributed by atoms with Crippen molar-refractivity contribution in [2.75, 3.05) is 0 Å². The molecule has 0 aliphatic carbocycles. The molecular formula is C11H11IN2O3. The Kier molecular flexibility index (Phi) is 2.98. The number of aromatic nitrogens is 2. The van der Waals surface area contributed by atoms with Crippen molar-refractivity contribution >= 4 is 39.5 Å². The summed E-state index contributed by atoms with van der Waals surface area (Å²) in [6, 6.07) is 1.88. The summed E-state index contributed by atoms with van der Waals surface area (Å²) in [5.74, 6) is -1.18. The monoisotopic (exact) mass is 346 g/mol. The highest BCUT2D eigenvalue weighted by molar-refractivity contribution is 14.1. The molecule has 5 nitrogen and oxygen atoms in total. The number of fused-ring (bicyclic) bond motifs is 1. The van der Waals surface area contributed by atoms with Gasteiger partial charge in [-0.2, -0.15) is 0 Å². The molecule has 0 aromatic carbocycles. The molecule has 2 rings (SSSR count). The molecule has 0 bridgehead atoms. The first-order valence-electron chi connectivity index (χ1n) is 5.09. The summed E-state index contributed by atoms with van der Waals surface area (Å²) in [6.45, 7) is 2.56. The number of carbonyl (C=O) groups is 1. The van der Waals surface area contributed by atoms with Gasteiger partial charge in [-0.25, -0.2) is 4.79 Å². The van der Waals surface area contributed by atoms with Gasteiger partial charge < -0.3 is 14.2 Å². The van der Waals surface area contributed by atoms with E-state index >= 15 is 0 Å². The first-order chi connectivity index (χ1) is 7.97. The minimum Gasteiger partial charge on any atom is -0.477 e. The van der Waals surface area contributed by atoms with E-state index in [0.717, 1.165) is 9.09 Å². The van der Waals surface area contributed by atoms with Crippen LogP contribution in [0.25, 0.3) is 10.9 Å². The first-order valence-corrected chi connectivity index (χ1v) is 6.17. The van der Waals surface area contributed by atoms with E-state index in [2.05, 4.69) is 22.6 Å². The lowest BCUT2D eigenvalue weighted by Crippen LogP contribution is -2.25. The van der Waals surface area contributed by atoms with Crippen molar-refractivity contribution in [3.63, 3.8) is 0 Å². The minimum absolute atomic E-state index is 0.158. The molecule has 0 aliphatic heterocycles. The molecule has 0 radical (unpaired) electrons. The summed E-state index contributed by atoms with van der Waals surface area (Å²) in [6.07, 6.45) is 1.67. The standard InChI is InChI=1S/C11H11IN2O3/c1-3-14-7(12)4-6-5-13(2)10(15)8(9(6)14)11(16)17/h4-5H,3H2,1-2H3,(H,16,17). The molecule has 17 heavy (non-hydrogen) atoms.